The fourth-order valence-corrected chi connectivity index (χ4v) is 11.2. The molecule has 2 bridgehead atoms. The van der Waals surface area contributed by atoms with E-state index in [9.17, 15) is 13.8 Å². The number of thioether (sulfide) groups is 1. The summed E-state index contributed by atoms with van der Waals surface area (Å²) in [6.45, 7) is 2.03. The molecular formula is C36H43ClN2O5S2. The Hall–Kier alpha value is -2.33. The summed E-state index contributed by atoms with van der Waals surface area (Å²) in [7, 11) is -1.28. The smallest absolute Gasteiger partial charge is 0.285 e. The van der Waals surface area contributed by atoms with Gasteiger partial charge in [0.15, 0.2) is 0 Å². The summed E-state index contributed by atoms with van der Waals surface area (Å²) in [5.74, 6) is 2.38. The predicted molar refractivity (Wildman–Crippen MR) is 186 cm³/mol. The molecule has 10 heteroatoms. The topological polar surface area (TPSA) is 85.3 Å². The summed E-state index contributed by atoms with van der Waals surface area (Å²) < 4.78 is 30.8. The number of rotatable bonds is 5. The fraction of sp³-hybridized carbons (Fsp3) is 0.556. The van der Waals surface area contributed by atoms with E-state index in [1.54, 1.807) is 13.2 Å². The lowest BCUT2D eigenvalue weighted by Gasteiger charge is -2.45. The zero-order valence-electron chi connectivity index (χ0n) is 26.5. The summed E-state index contributed by atoms with van der Waals surface area (Å²) in [6, 6.07) is 11.7. The number of hydrogen-bond donors (Lipinski definition) is 0. The van der Waals surface area contributed by atoms with Crippen LogP contribution in [0.5, 0.6) is 5.75 Å². The van der Waals surface area contributed by atoms with Gasteiger partial charge in [0.25, 0.3) is 5.91 Å². The van der Waals surface area contributed by atoms with Crippen LogP contribution in [-0.4, -0.2) is 66.1 Å². The highest BCUT2D eigenvalue weighted by Crippen LogP contribution is 2.49. The SMILES string of the molecule is CO[C@H]1/C=C/CCC[S@@](=O)(CC(=O)CC2CC2)=NC(=O)c2ccc3c(c2)N(C[C@@H]2CC[C@H]21)C[C@]1(CO3)SCCc2cc(Cl)ccc21. The first-order valence-electron chi connectivity index (χ1n) is 16.7. The number of halogens is 1. The second-order valence-corrected chi connectivity index (χ2v) is 18.1. The molecule has 46 heavy (non-hydrogen) atoms. The number of methoxy groups -OCH3 is 1. The Morgan fingerprint density at radius 1 is 1.20 bits per heavy atom. The Morgan fingerprint density at radius 3 is 2.85 bits per heavy atom. The summed E-state index contributed by atoms with van der Waals surface area (Å²) in [6.07, 6.45) is 11.2. The van der Waals surface area contributed by atoms with Gasteiger partial charge >= 0.3 is 0 Å². The quantitative estimate of drug-likeness (QED) is 0.311. The fourth-order valence-electron chi connectivity index (χ4n) is 7.61. The lowest BCUT2D eigenvalue weighted by molar-refractivity contribution is -0.116. The minimum Gasteiger partial charge on any atom is -0.490 e. The van der Waals surface area contributed by atoms with Crippen molar-refractivity contribution in [2.24, 2.45) is 22.1 Å². The average Bonchev–Trinajstić information content (AvgIpc) is 3.85. The van der Waals surface area contributed by atoms with E-state index in [0.717, 1.165) is 67.4 Å². The van der Waals surface area contributed by atoms with Gasteiger partial charge in [0, 0.05) is 43.0 Å². The standard InChI is InChI=1S/C36H43ClN2O5S2/c1-43-33-5-3-2-4-16-46(42,21-29(40)17-24-6-7-24)38-35(41)26-9-13-34-32(19-26)39(20-27-8-11-30(27)33)22-36(23-44-34)31-12-10-28(37)18-25(31)14-15-45-36/h3,5,9-10,12-13,18-19,24,27,30,33H,2,4,6-8,11,14-17,20-23H2,1H3/b5-3+/t27-,30+,33-,36+,46+/m0/s1. The molecule has 7 nitrogen and oxygen atoms in total. The molecule has 5 aliphatic rings. The molecule has 2 fully saturated rings. The Kier molecular flexibility index (Phi) is 9.31. The number of allylic oxidation sites excluding steroid dienone is 1. The highest BCUT2D eigenvalue weighted by atomic mass is 35.5. The van der Waals surface area contributed by atoms with Gasteiger partial charge in [0.2, 0.25) is 0 Å². The molecule has 2 aliphatic carbocycles. The zero-order valence-corrected chi connectivity index (χ0v) is 28.8. The molecule has 0 radical (unpaired) electrons. The van der Waals surface area contributed by atoms with Crippen molar-refractivity contribution in [2.75, 3.05) is 49.0 Å². The maximum Gasteiger partial charge on any atom is 0.285 e. The van der Waals surface area contributed by atoms with Crippen molar-refractivity contribution in [3.05, 3.63) is 70.3 Å². The van der Waals surface area contributed by atoms with Crippen LogP contribution in [-0.2, 0) is 30.4 Å². The van der Waals surface area contributed by atoms with Crippen LogP contribution in [0, 0.1) is 17.8 Å². The van der Waals surface area contributed by atoms with Crippen molar-refractivity contribution >= 4 is 50.5 Å². The van der Waals surface area contributed by atoms with Crippen LogP contribution >= 0.6 is 23.4 Å². The third kappa shape index (κ3) is 6.80. The van der Waals surface area contributed by atoms with Crippen LogP contribution in [0.2, 0.25) is 5.02 Å². The highest BCUT2D eigenvalue weighted by molar-refractivity contribution is 8.00. The molecule has 2 aromatic rings. The molecule has 1 spiro atoms. The van der Waals surface area contributed by atoms with Crippen molar-refractivity contribution in [3.8, 4) is 5.75 Å². The molecule has 3 aliphatic heterocycles. The number of carbonyl (C=O) groups excluding carboxylic acids is 2. The third-order valence-electron chi connectivity index (χ3n) is 10.4. The van der Waals surface area contributed by atoms with Crippen LogP contribution < -0.4 is 9.64 Å². The van der Waals surface area contributed by atoms with Crippen LogP contribution in [0.15, 0.2) is 52.9 Å². The molecule has 3 heterocycles. The van der Waals surface area contributed by atoms with Gasteiger partial charge in [-0.15, -0.1) is 11.8 Å². The van der Waals surface area contributed by atoms with Crippen LogP contribution in [0.3, 0.4) is 0 Å². The summed E-state index contributed by atoms with van der Waals surface area (Å²) in [5.41, 5.74) is 3.76. The molecule has 2 saturated carbocycles. The van der Waals surface area contributed by atoms with Crippen molar-refractivity contribution < 1.29 is 23.3 Å². The number of nitrogens with zero attached hydrogens (tertiary/aromatic N) is 2. The molecule has 246 valence electrons. The molecular weight excluding hydrogens is 640 g/mol. The van der Waals surface area contributed by atoms with E-state index >= 15 is 0 Å². The van der Waals surface area contributed by atoms with E-state index in [0.29, 0.717) is 49.2 Å². The number of anilines is 1. The largest absolute Gasteiger partial charge is 0.490 e. The summed E-state index contributed by atoms with van der Waals surface area (Å²) in [5, 5.41) is 0.748. The van der Waals surface area contributed by atoms with Crippen LogP contribution in [0.4, 0.5) is 5.69 Å². The monoisotopic (exact) mass is 682 g/mol. The van der Waals surface area contributed by atoms with Gasteiger partial charge in [-0.3, -0.25) is 9.59 Å². The lowest BCUT2D eigenvalue weighted by atomic mass is 9.70. The number of Topliss-reactive ketones (excluding diaryl/α,β-unsaturated/α-hetero) is 1. The summed E-state index contributed by atoms with van der Waals surface area (Å²) >= 11 is 8.37. The van der Waals surface area contributed by atoms with Crippen molar-refractivity contribution in [3.63, 3.8) is 0 Å². The van der Waals surface area contributed by atoms with Crippen molar-refractivity contribution in [1.29, 1.82) is 0 Å². The van der Waals surface area contributed by atoms with E-state index < -0.39 is 15.6 Å². The molecule has 2 aromatic carbocycles. The number of fused-ring (bicyclic) bond motifs is 4. The number of carbonyl (C=O) groups is 2. The number of hydrogen-bond acceptors (Lipinski definition) is 7. The minimum atomic E-state index is -3.06. The number of benzene rings is 2. The Balaban J connectivity index is 1.28. The van der Waals surface area contributed by atoms with Gasteiger partial charge < -0.3 is 14.4 Å². The first-order valence-corrected chi connectivity index (χ1v) is 19.9. The molecule has 0 N–H and O–H groups in total. The molecule has 0 saturated heterocycles. The highest BCUT2D eigenvalue weighted by Gasteiger charge is 2.45. The Morgan fingerprint density at radius 2 is 2.07 bits per heavy atom. The van der Waals surface area contributed by atoms with Gasteiger partial charge in [0.1, 0.15) is 18.1 Å². The van der Waals surface area contributed by atoms with Gasteiger partial charge in [0.05, 0.1) is 32.0 Å². The number of aryl methyl sites for hydroxylation is 1. The zero-order chi connectivity index (χ0) is 31.9. The van der Waals surface area contributed by atoms with Gasteiger partial charge in [-0.2, -0.15) is 4.36 Å². The van der Waals surface area contributed by atoms with E-state index in [2.05, 4.69) is 33.5 Å². The van der Waals surface area contributed by atoms with E-state index in [-0.39, 0.29) is 28.1 Å². The predicted octanol–water partition coefficient (Wildman–Crippen LogP) is 7.09. The third-order valence-corrected chi connectivity index (χ3v) is 14.3. The van der Waals surface area contributed by atoms with E-state index in [4.69, 9.17) is 21.1 Å². The summed E-state index contributed by atoms with van der Waals surface area (Å²) in [4.78, 5) is 29.0. The molecule has 5 atom stereocenters. The number of ketones is 1. The first-order chi connectivity index (χ1) is 22.2. The van der Waals surface area contributed by atoms with Crippen molar-refractivity contribution in [2.45, 2.75) is 62.2 Å². The number of amides is 1. The maximum absolute atomic E-state index is 14.2. The molecule has 0 aromatic heterocycles. The van der Waals surface area contributed by atoms with Crippen LogP contribution in [0.1, 0.15) is 66.4 Å². The maximum atomic E-state index is 14.2. The lowest BCUT2D eigenvalue weighted by Crippen LogP contribution is -2.48. The van der Waals surface area contributed by atoms with Gasteiger partial charge in [-0.1, -0.05) is 29.8 Å². The Bertz CT molecular complexity index is 1670. The van der Waals surface area contributed by atoms with E-state index in [1.165, 1.54) is 11.1 Å². The second kappa shape index (κ2) is 13.3. The molecule has 0 unspecified atom stereocenters. The second-order valence-electron chi connectivity index (χ2n) is 13.7. The van der Waals surface area contributed by atoms with Crippen molar-refractivity contribution in [1.82, 2.24) is 0 Å². The first kappa shape index (κ1) is 32.2. The average molecular weight is 683 g/mol. The molecule has 1 amide bonds. The van der Waals surface area contributed by atoms with Gasteiger partial charge in [-0.05, 0) is 110 Å². The normalized spacial score (nSPS) is 31.8. The van der Waals surface area contributed by atoms with E-state index in [1.807, 2.05) is 30.0 Å². The van der Waals surface area contributed by atoms with Crippen LogP contribution in [0.25, 0.3) is 0 Å². The van der Waals surface area contributed by atoms with Gasteiger partial charge in [-0.25, -0.2) is 4.21 Å². The molecule has 7 rings (SSSR count). The minimum absolute atomic E-state index is 0.00249. The number of ether oxygens (including phenoxy) is 2. The Labute approximate surface area is 282 Å².